The van der Waals surface area contributed by atoms with Crippen LogP contribution < -0.4 is 0 Å². The van der Waals surface area contributed by atoms with Gasteiger partial charge < -0.3 is 9.55 Å². The van der Waals surface area contributed by atoms with Crippen LogP contribution in [0.2, 0.25) is 10.0 Å². The summed E-state index contributed by atoms with van der Waals surface area (Å²) in [5.74, 6) is 0. The first-order valence-corrected chi connectivity index (χ1v) is 8.64. The second kappa shape index (κ2) is 6.79. The lowest BCUT2D eigenvalue weighted by atomic mass is 9.94. The molecule has 0 aliphatic rings. The summed E-state index contributed by atoms with van der Waals surface area (Å²) in [6.07, 6.45) is 9.62. The first-order chi connectivity index (χ1) is 12.2. The Morgan fingerprint density at radius 2 is 1.80 bits per heavy atom. The highest BCUT2D eigenvalue weighted by Crippen LogP contribution is 2.36. The maximum Gasteiger partial charge on any atom is 0.0954 e. The van der Waals surface area contributed by atoms with Gasteiger partial charge in [0.2, 0.25) is 0 Å². The fraction of sp³-hybridized carbons (Fsp3) is 0.0500. The van der Waals surface area contributed by atoms with Gasteiger partial charge in [-0.15, -0.1) is 0 Å². The van der Waals surface area contributed by atoms with Crippen molar-refractivity contribution in [3.63, 3.8) is 0 Å². The average molecular weight is 368 g/mol. The van der Waals surface area contributed by atoms with Crippen LogP contribution in [0.1, 0.15) is 17.2 Å². The zero-order chi connectivity index (χ0) is 17.2. The van der Waals surface area contributed by atoms with E-state index in [1.54, 1.807) is 6.20 Å². The summed E-state index contributed by atoms with van der Waals surface area (Å²) in [5, 5.41) is 1.10. The van der Waals surface area contributed by atoms with Crippen LogP contribution in [0.3, 0.4) is 0 Å². The molecule has 2 aromatic carbocycles. The van der Waals surface area contributed by atoms with Crippen molar-refractivity contribution in [1.82, 2.24) is 14.5 Å². The first-order valence-electron chi connectivity index (χ1n) is 7.88. The smallest absolute Gasteiger partial charge is 0.0954 e. The Hall–Kier alpha value is -2.49. The van der Waals surface area contributed by atoms with E-state index < -0.39 is 0 Å². The lowest BCUT2D eigenvalue weighted by Crippen LogP contribution is -2.10. The number of nitrogens with zero attached hydrogens (tertiary/aromatic N) is 2. The van der Waals surface area contributed by atoms with Crippen LogP contribution in [0.25, 0.3) is 11.1 Å². The highest BCUT2D eigenvalue weighted by molar-refractivity contribution is 6.42. The molecule has 5 heteroatoms. The molecule has 0 bridgehead atoms. The molecule has 0 unspecified atom stereocenters. The van der Waals surface area contributed by atoms with Gasteiger partial charge in [0.15, 0.2) is 0 Å². The van der Waals surface area contributed by atoms with Gasteiger partial charge in [-0.05, 0) is 23.3 Å². The van der Waals surface area contributed by atoms with Crippen LogP contribution in [0.15, 0.2) is 79.6 Å². The maximum absolute atomic E-state index is 6.22. The molecule has 0 radical (unpaired) electrons. The van der Waals surface area contributed by atoms with Crippen LogP contribution in [-0.4, -0.2) is 14.5 Å². The molecule has 4 aromatic rings. The SMILES string of the molecule is Clc1ccc(-c2c[nH]cc2[C@@H](c2ccccc2)n2ccnc2)cc1Cl. The van der Waals surface area contributed by atoms with Crippen molar-refractivity contribution < 1.29 is 0 Å². The Labute approximate surface area is 155 Å². The summed E-state index contributed by atoms with van der Waals surface area (Å²) in [7, 11) is 0. The molecule has 4 rings (SSSR count). The number of imidazole rings is 1. The Bertz CT molecular complexity index is 975. The molecule has 0 fully saturated rings. The third-order valence-electron chi connectivity index (χ3n) is 4.24. The van der Waals surface area contributed by atoms with E-state index in [0.717, 1.165) is 16.7 Å². The van der Waals surface area contributed by atoms with E-state index in [9.17, 15) is 0 Å². The second-order valence-corrected chi connectivity index (χ2v) is 6.59. The fourth-order valence-corrected chi connectivity index (χ4v) is 3.38. The van der Waals surface area contributed by atoms with Gasteiger partial charge in [-0.3, -0.25) is 0 Å². The Balaban J connectivity index is 1.87. The summed E-state index contributed by atoms with van der Waals surface area (Å²) in [4.78, 5) is 7.45. The number of aromatic amines is 1. The van der Waals surface area contributed by atoms with Crippen LogP contribution in [0, 0.1) is 0 Å². The Kier molecular flexibility index (Phi) is 4.35. The van der Waals surface area contributed by atoms with Crippen LogP contribution in [-0.2, 0) is 0 Å². The molecule has 0 amide bonds. The topological polar surface area (TPSA) is 33.6 Å². The van der Waals surface area contributed by atoms with Crippen molar-refractivity contribution in [2.45, 2.75) is 6.04 Å². The number of halogens is 2. The number of benzene rings is 2. The molecule has 1 atom stereocenters. The van der Waals surface area contributed by atoms with Gasteiger partial charge in [0.05, 0.1) is 22.4 Å². The minimum absolute atomic E-state index is 0.0133. The predicted octanol–water partition coefficient (Wildman–Crippen LogP) is 5.82. The standard InChI is InChI=1S/C20H15Cl2N3/c21-18-7-6-15(10-19(18)22)16-11-24-12-17(16)20(25-9-8-23-13-25)14-4-2-1-3-5-14/h1-13,20,24H/t20-/m1/s1. The van der Waals surface area contributed by atoms with Gasteiger partial charge >= 0.3 is 0 Å². The van der Waals surface area contributed by atoms with Gasteiger partial charge in [-0.25, -0.2) is 4.98 Å². The molecule has 0 spiro atoms. The van der Waals surface area contributed by atoms with E-state index in [0.29, 0.717) is 10.0 Å². The molecule has 25 heavy (non-hydrogen) atoms. The van der Waals surface area contributed by atoms with Crippen molar-refractivity contribution in [3.05, 3.63) is 101 Å². The monoisotopic (exact) mass is 367 g/mol. The van der Waals surface area contributed by atoms with Crippen LogP contribution >= 0.6 is 23.2 Å². The number of rotatable bonds is 4. The highest BCUT2D eigenvalue weighted by Gasteiger charge is 2.21. The number of hydrogen-bond donors (Lipinski definition) is 1. The van der Waals surface area contributed by atoms with Crippen molar-refractivity contribution in [3.8, 4) is 11.1 Å². The van der Waals surface area contributed by atoms with Gasteiger partial charge in [-0.1, -0.05) is 59.6 Å². The Morgan fingerprint density at radius 1 is 0.960 bits per heavy atom. The molecule has 0 aliphatic heterocycles. The summed E-state index contributed by atoms with van der Waals surface area (Å²) in [6, 6.07) is 16.1. The van der Waals surface area contributed by atoms with Crippen molar-refractivity contribution in [2.75, 3.05) is 0 Å². The molecule has 0 saturated heterocycles. The minimum atomic E-state index is 0.0133. The number of H-pyrrole nitrogens is 1. The molecule has 0 aliphatic carbocycles. The van der Waals surface area contributed by atoms with Crippen LogP contribution in [0.4, 0.5) is 0 Å². The molecule has 0 saturated carbocycles. The molecule has 2 aromatic heterocycles. The van der Waals surface area contributed by atoms with E-state index in [1.165, 1.54) is 5.56 Å². The quantitative estimate of drug-likeness (QED) is 0.484. The molecule has 2 heterocycles. The third kappa shape index (κ3) is 3.09. The molecule has 1 N–H and O–H groups in total. The highest BCUT2D eigenvalue weighted by atomic mass is 35.5. The summed E-state index contributed by atoms with van der Waals surface area (Å²) in [6.45, 7) is 0. The van der Waals surface area contributed by atoms with Gasteiger partial charge in [0, 0.05) is 35.9 Å². The van der Waals surface area contributed by atoms with E-state index in [-0.39, 0.29) is 6.04 Å². The van der Waals surface area contributed by atoms with Gasteiger partial charge in [0.25, 0.3) is 0 Å². The number of hydrogen-bond acceptors (Lipinski definition) is 1. The summed E-state index contributed by atoms with van der Waals surface area (Å²) < 4.78 is 2.10. The van der Waals surface area contributed by atoms with Crippen molar-refractivity contribution in [1.29, 1.82) is 0 Å². The molecular weight excluding hydrogens is 353 g/mol. The summed E-state index contributed by atoms with van der Waals surface area (Å²) >= 11 is 12.3. The molecule has 124 valence electrons. The van der Waals surface area contributed by atoms with Gasteiger partial charge in [-0.2, -0.15) is 0 Å². The number of nitrogens with one attached hydrogen (secondary N) is 1. The molecule has 3 nitrogen and oxygen atoms in total. The minimum Gasteiger partial charge on any atom is -0.367 e. The zero-order valence-electron chi connectivity index (χ0n) is 13.2. The fourth-order valence-electron chi connectivity index (χ4n) is 3.09. The normalized spacial score (nSPS) is 12.2. The lowest BCUT2D eigenvalue weighted by Gasteiger charge is -2.20. The van der Waals surface area contributed by atoms with E-state index in [4.69, 9.17) is 23.2 Å². The van der Waals surface area contributed by atoms with E-state index in [2.05, 4.69) is 26.7 Å². The molecular formula is C20H15Cl2N3. The third-order valence-corrected chi connectivity index (χ3v) is 4.98. The maximum atomic E-state index is 6.22. The number of aromatic nitrogens is 3. The van der Waals surface area contributed by atoms with Crippen LogP contribution in [0.5, 0.6) is 0 Å². The Morgan fingerprint density at radius 3 is 2.52 bits per heavy atom. The van der Waals surface area contributed by atoms with E-state index >= 15 is 0 Å². The average Bonchev–Trinajstić information content (AvgIpc) is 3.31. The second-order valence-electron chi connectivity index (χ2n) is 5.78. The largest absolute Gasteiger partial charge is 0.367 e. The zero-order valence-corrected chi connectivity index (χ0v) is 14.7. The van der Waals surface area contributed by atoms with Gasteiger partial charge in [0.1, 0.15) is 0 Å². The van der Waals surface area contributed by atoms with Crippen molar-refractivity contribution in [2.24, 2.45) is 0 Å². The summed E-state index contributed by atoms with van der Waals surface area (Å²) in [5.41, 5.74) is 4.43. The lowest BCUT2D eigenvalue weighted by molar-refractivity contribution is 0.679. The first kappa shape index (κ1) is 16.0. The predicted molar refractivity (Wildman–Crippen MR) is 102 cm³/mol. The van der Waals surface area contributed by atoms with E-state index in [1.807, 2.05) is 61.3 Å². The van der Waals surface area contributed by atoms with Crippen molar-refractivity contribution >= 4 is 23.2 Å².